The average molecular weight is 265 g/mol. The van der Waals surface area contributed by atoms with Gasteiger partial charge in [0.1, 0.15) is 5.75 Å². The van der Waals surface area contributed by atoms with Crippen LogP contribution in [0.2, 0.25) is 0 Å². The van der Waals surface area contributed by atoms with E-state index in [0.29, 0.717) is 12.6 Å². The van der Waals surface area contributed by atoms with Crippen molar-refractivity contribution in [2.75, 3.05) is 26.8 Å². The number of nitrogens with zero attached hydrogens (tertiary/aromatic N) is 1. The van der Waals surface area contributed by atoms with Gasteiger partial charge in [-0.1, -0.05) is 12.1 Å². The molecule has 1 fully saturated rings. The first-order valence-corrected chi connectivity index (χ1v) is 6.79. The summed E-state index contributed by atoms with van der Waals surface area (Å²) >= 11 is 0. The summed E-state index contributed by atoms with van der Waals surface area (Å²) in [7, 11) is 1.64. The molecule has 3 unspecified atom stereocenters. The second-order valence-electron chi connectivity index (χ2n) is 5.10. The zero-order valence-electron chi connectivity index (χ0n) is 11.9. The molecular formula is C15H23NO3. The Kier molecular flexibility index (Phi) is 4.80. The number of β-amino-alcohol motifs (C(OH)–C–C–N with tert-alkyl or cyclic N) is 1. The lowest BCUT2D eigenvalue weighted by atomic mass is 10.1. The summed E-state index contributed by atoms with van der Waals surface area (Å²) in [6.07, 6.45) is -0.283. The van der Waals surface area contributed by atoms with Crippen molar-refractivity contribution in [3.63, 3.8) is 0 Å². The quantitative estimate of drug-likeness (QED) is 0.902. The van der Waals surface area contributed by atoms with Crippen molar-refractivity contribution in [2.45, 2.75) is 32.1 Å². The predicted octanol–water partition coefficient (Wildman–Crippen LogP) is 1.84. The zero-order chi connectivity index (χ0) is 13.8. The second-order valence-corrected chi connectivity index (χ2v) is 5.10. The van der Waals surface area contributed by atoms with E-state index in [9.17, 15) is 5.11 Å². The van der Waals surface area contributed by atoms with E-state index in [1.807, 2.05) is 24.3 Å². The van der Waals surface area contributed by atoms with E-state index >= 15 is 0 Å². The van der Waals surface area contributed by atoms with Gasteiger partial charge in [-0.05, 0) is 31.5 Å². The van der Waals surface area contributed by atoms with Crippen LogP contribution in [0.1, 0.15) is 25.5 Å². The summed E-state index contributed by atoms with van der Waals surface area (Å²) in [6.45, 7) is 6.45. The molecule has 1 aromatic rings. The first-order valence-electron chi connectivity index (χ1n) is 6.79. The van der Waals surface area contributed by atoms with Crippen molar-refractivity contribution in [3.05, 3.63) is 29.8 Å². The SMILES string of the molecule is COc1cccc(C(O)CN2CCOC(C)C2C)c1. The summed E-state index contributed by atoms with van der Waals surface area (Å²) in [4.78, 5) is 2.28. The topological polar surface area (TPSA) is 41.9 Å². The molecule has 0 bridgehead atoms. The molecule has 0 spiro atoms. The lowest BCUT2D eigenvalue weighted by Crippen LogP contribution is -2.49. The van der Waals surface area contributed by atoms with E-state index in [-0.39, 0.29) is 6.10 Å². The van der Waals surface area contributed by atoms with Crippen molar-refractivity contribution in [1.29, 1.82) is 0 Å². The van der Waals surface area contributed by atoms with E-state index in [4.69, 9.17) is 9.47 Å². The van der Waals surface area contributed by atoms with E-state index < -0.39 is 6.10 Å². The minimum atomic E-state index is -0.497. The van der Waals surface area contributed by atoms with Crippen molar-refractivity contribution in [2.24, 2.45) is 0 Å². The van der Waals surface area contributed by atoms with Crippen LogP contribution in [0.5, 0.6) is 5.75 Å². The lowest BCUT2D eigenvalue weighted by Gasteiger charge is -2.38. The van der Waals surface area contributed by atoms with E-state index in [0.717, 1.165) is 24.5 Å². The first-order chi connectivity index (χ1) is 9.11. The minimum Gasteiger partial charge on any atom is -0.497 e. The van der Waals surface area contributed by atoms with Crippen LogP contribution < -0.4 is 4.74 Å². The molecule has 0 amide bonds. The zero-order valence-corrected chi connectivity index (χ0v) is 11.9. The first kappa shape index (κ1) is 14.3. The number of hydrogen-bond donors (Lipinski definition) is 1. The van der Waals surface area contributed by atoms with Gasteiger partial charge >= 0.3 is 0 Å². The molecule has 2 rings (SSSR count). The van der Waals surface area contributed by atoms with Gasteiger partial charge in [-0.3, -0.25) is 4.90 Å². The van der Waals surface area contributed by atoms with Crippen molar-refractivity contribution in [3.8, 4) is 5.75 Å². The molecule has 3 atom stereocenters. The van der Waals surface area contributed by atoms with Gasteiger partial charge in [0.2, 0.25) is 0 Å². The number of aliphatic hydroxyl groups is 1. The van der Waals surface area contributed by atoms with Crippen molar-refractivity contribution < 1.29 is 14.6 Å². The molecular weight excluding hydrogens is 242 g/mol. The Hall–Kier alpha value is -1.10. The third-order valence-corrected chi connectivity index (χ3v) is 3.90. The number of morpholine rings is 1. The highest BCUT2D eigenvalue weighted by atomic mass is 16.5. The summed E-state index contributed by atoms with van der Waals surface area (Å²) in [5, 5.41) is 10.4. The fourth-order valence-electron chi connectivity index (χ4n) is 2.43. The molecule has 106 valence electrons. The van der Waals surface area contributed by atoms with Crippen LogP contribution in [0, 0.1) is 0 Å². The maximum atomic E-state index is 10.4. The van der Waals surface area contributed by atoms with Crippen LogP contribution in [0.3, 0.4) is 0 Å². The van der Waals surface area contributed by atoms with Crippen molar-refractivity contribution in [1.82, 2.24) is 4.90 Å². The van der Waals surface area contributed by atoms with Gasteiger partial charge in [-0.25, -0.2) is 0 Å². The third kappa shape index (κ3) is 3.47. The minimum absolute atomic E-state index is 0.214. The van der Waals surface area contributed by atoms with E-state index in [2.05, 4.69) is 18.7 Å². The maximum Gasteiger partial charge on any atom is 0.119 e. The molecule has 0 aliphatic carbocycles. The highest BCUT2D eigenvalue weighted by Crippen LogP contribution is 2.22. The lowest BCUT2D eigenvalue weighted by molar-refractivity contribution is -0.0673. The van der Waals surface area contributed by atoms with Crippen LogP contribution in [-0.2, 0) is 4.74 Å². The number of rotatable bonds is 4. The summed E-state index contributed by atoms with van der Waals surface area (Å²) in [6, 6.07) is 7.94. The number of aliphatic hydroxyl groups excluding tert-OH is 1. The van der Waals surface area contributed by atoms with Gasteiger partial charge in [0.15, 0.2) is 0 Å². The predicted molar refractivity (Wildman–Crippen MR) is 74.4 cm³/mol. The molecule has 4 heteroatoms. The van der Waals surface area contributed by atoms with Crippen molar-refractivity contribution >= 4 is 0 Å². The maximum absolute atomic E-state index is 10.4. The van der Waals surface area contributed by atoms with Gasteiger partial charge in [-0.15, -0.1) is 0 Å². The number of ether oxygens (including phenoxy) is 2. The molecule has 1 saturated heterocycles. The van der Waals surface area contributed by atoms with E-state index in [1.165, 1.54) is 0 Å². The van der Waals surface area contributed by atoms with Gasteiger partial charge in [0, 0.05) is 19.1 Å². The molecule has 1 aliphatic heterocycles. The molecule has 19 heavy (non-hydrogen) atoms. The van der Waals surface area contributed by atoms with Gasteiger partial charge in [-0.2, -0.15) is 0 Å². The molecule has 0 aromatic heterocycles. The summed E-state index contributed by atoms with van der Waals surface area (Å²) in [5.41, 5.74) is 0.894. The standard InChI is InChI=1S/C15H23NO3/c1-11-12(2)19-8-7-16(11)10-15(17)13-5-4-6-14(9-13)18-3/h4-6,9,11-12,15,17H,7-8,10H2,1-3H3. The fraction of sp³-hybridized carbons (Fsp3) is 0.600. The van der Waals surface area contributed by atoms with Crippen LogP contribution in [-0.4, -0.2) is 49.0 Å². The molecule has 1 aliphatic rings. The Morgan fingerprint density at radius 3 is 3.00 bits per heavy atom. The van der Waals surface area contributed by atoms with Gasteiger partial charge in [0.05, 0.1) is 25.9 Å². The van der Waals surface area contributed by atoms with Crippen LogP contribution in [0.25, 0.3) is 0 Å². The summed E-state index contributed by atoms with van der Waals surface area (Å²) < 4.78 is 10.8. The Morgan fingerprint density at radius 2 is 2.26 bits per heavy atom. The Bertz CT molecular complexity index is 410. The summed E-state index contributed by atoms with van der Waals surface area (Å²) in [5.74, 6) is 0.778. The normalized spacial score (nSPS) is 26.1. The highest BCUT2D eigenvalue weighted by molar-refractivity contribution is 5.29. The molecule has 1 aromatic carbocycles. The molecule has 1 N–H and O–H groups in total. The Balaban J connectivity index is 2.01. The highest BCUT2D eigenvalue weighted by Gasteiger charge is 2.27. The molecule has 1 heterocycles. The van der Waals surface area contributed by atoms with Crippen LogP contribution in [0.4, 0.5) is 0 Å². The van der Waals surface area contributed by atoms with E-state index in [1.54, 1.807) is 7.11 Å². The van der Waals surface area contributed by atoms with Gasteiger partial charge < -0.3 is 14.6 Å². The Morgan fingerprint density at radius 1 is 1.47 bits per heavy atom. The molecule has 0 saturated carbocycles. The number of hydrogen-bond acceptors (Lipinski definition) is 4. The van der Waals surface area contributed by atoms with Crippen LogP contribution in [0.15, 0.2) is 24.3 Å². The second kappa shape index (κ2) is 6.37. The number of methoxy groups -OCH3 is 1. The fourth-order valence-corrected chi connectivity index (χ4v) is 2.43. The third-order valence-electron chi connectivity index (χ3n) is 3.90. The monoisotopic (exact) mass is 265 g/mol. The average Bonchev–Trinajstić information content (AvgIpc) is 2.44. The smallest absolute Gasteiger partial charge is 0.119 e. The van der Waals surface area contributed by atoms with Gasteiger partial charge in [0.25, 0.3) is 0 Å². The Labute approximate surface area is 114 Å². The largest absolute Gasteiger partial charge is 0.497 e. The molecule has 4 nitrogen and oxygen atoms in total. The number of benzene rings is 1. The van der Waals surface area contributed by atoms with Crippen LogP contribution >= 0.6 is 0 Å². The molecule has 0 radical (unpaired) electrons.